The van der Waals surface area contributed by atoms with Gasteiger partial charge in [0, 0.05) is 6.04 Å². The van der Waals surface area contributed by atoms with Crippen LogP contribution in [0.1, 0.15) is 35.8 Å². The van der Waals surface area contributed by atoms with Gasteiger partial charge in [-0.1, -0.05) is 6.07 Å². The number of fused-ring (bicyclic) bond motifs is 2. The molecule has 3 heterocycles. The number of alkyl halides is 3. The monoisotopic (exact) mass is 462 g/mol. The first-order valence-electron chi connectivity index (χ1n) is 10.3. The third kappa shape index (κ3) is 3.68. The second-order valence-electron chi connectivity index (χ2n) is 8.10. The summed E-state index contributed by atoms with van der Waals surface area (Å²) in [6.45, 7) is 1.89. The minimum absolute atomic E-state index is 0.0621. The zero-order chi connectivity index (χ0) is 23.3. The van der Waals surface area contributed by atoms with Gasteiger partial charge in [-0.3, -0.25) is 4.79 Å². The van der Waals surface area contributed by atoms with Crippen LogP contribution in [0.2, 0.25) is 0 Å². The van der Waals surface area contributed by atoms with E-state index in [1.807, 2.05) is 6.92 Å². The van der Waals surface area contributed by atoms with Crippen LogP contribution >= 0.6 is 0 Å². The number of benzene rings is 1. The van der Waals surface area contributed by atoms with Crippen molar-refractivity contribution < 1.29 is 27.1 Å². The molecule has 172 valence electrons. The average molecular weight is 462 g/mol. The molecule has 8 nitrogen and oxygen atoms in total. The lowest BCUT2D eigenvalue weighted by Crippen LogP contribution is -2.51. The molecule has 1 aromatic carbocycles. The summed E-state index contributed by atoms with van der Waals surface area (Å²) in [4.78, 5) is 23.4. The highest BCUT2D eigenvalue weighted by Crippen LogP contribution is 2.45. The summed E-state index contributed by atoms with van der Waals surface area (Å²) >= 11 is 0. The van der Waals surface area contributed by atoms with E-state index in [4.69, 9.17) is 4.74 Å². The second kappa shape index (κ2) is 7.78. The number of likely N-dealkylation sites (tertiary alicyclic amines) is 1. The maximum Gasteiger partial charge on any atom is 0.434 e. The van der Waals surface area contributed by atoms with Crippen LogP contribution in [0.15, 0.2) is 43.0 Å². The van der Waals surface area contributed by atoms with E-state index in [9.17, 15) is 22.4 Å². The van der Waals surface area contributed by atoms with Crippen LogP contribution in [0.4, 0.5) is 17.6 Å². The van der Waals surface area contributed by atoms with Crippen LogP contribution in [0, 0.1) is 11.7 Å². The minimum atomic E-state index is -4.60. The van der Waals surface area contributed by atoms with Crippen molar-refractivity contribution in [3.8, 4) is 11.6 Å². The molecule has 33 heavy (non-hydrogen) atoms. The molecule has 1 amide bonds. The maximum atomic E-state index is 14.8. The molecule has 5 rings (SSSR count). The van der Waals surface area contributed by atoms with Crippen molar-refractivity contribution in [2.45, 2.75) is 44.1 Å². The molecule has 0 spiro atoms. The number of nitrogens with zero attached hydrogens (tertiary/aromatic N) is 6. The Labute approximate surface area is 185 Å². The van der Waals surface area contributed by atoms with Crippen LogP contribution in [-0.4, -0.2) is 54.0 Å². The van der Waals surface area contributed by atoms with Crippen molar-refractivity contribution in [1.82, 2.24) is 29.9 Å². The van der Waals surface area contributed by atoms with Crippen molar-refractivity contribution in [1.29, 1.82) is 0 Å². The van der Waals surface area contributed by atoms with Gasteiger partial charge < -0.3 is 9.64 Å². The van der Waals surface area contributed by atoms with Gasteiger partial charge in [0.05, 0.1) is 30.8 Å². The van der Waals surface area contributed by atoms with Crippen LogP contribution < -0.4 is 4.74 Å². The molecular formula is C21H18F4N6O2. The molecule has 12 heteroatoms. The summed E-state index contributed by atoms with van der Waals surface area (Å²) in [6, 6.07) is 3.67. The van der Waals surface area contributed by atoms with Gasteiger partial charge >= 0.3 is 6.18 Å². The Bertz CT molecular complexity index is 1170. The summed E-state index contributed by atoms with van der Waals surface area (Å²) in [5, 5.41) is 8.02. The number of carbonyl (C=O) groups is 1. The molecule has 1 aliphatic carbocycles. The van der Waals surface area contributed by atoms with Crippen molar-refractivity contribution in [3.05, 3.63) is 60.1 Å². The average Bonchev–Trinajstić information content (AvgIpc) is 3.50. The number of halogens is 4. The molecule has 0 radical (unpaired) electrons. The summed E-state index contributed by atoms with van der Waals surface area (Å²) in [5.74, 6) is -1.18. The van der Waals surface area contributed by atoms with Crippen molar-refractivity contribution >= 4 is 5.91 Å². The normalized spacial score (nSPS) is 24.3. The van der Waals surface area contributed by atoms with Crippen LogP contribution in [-0.2, 0) is 6.18 Å². The van der Waals surface area contributed by atoms with E-state index in [0.29, 0.717) is 19.0 Å². The van der Waals surface area contributed by atoms with E-state index < -0.39 is 29.7 Å². The van der Waals surface area contributed by atoms with Gasteiger partial charge in [-0.15, -0.1) is 0 Å². The zero-order valence-corrected chi connectivity index (χ0v) is 17.3. The Kier molecular flexibility index (Phi) is 5.02. The summed E-state index contributed by atoms with van der Waals surface area (Å²) in [6.07, 6.45) is 0.512. The third-order valence-corrected chi connectivity index (χ3v) is 6.25. The summed E-state index contributed by atoms with van der Waals surface area (Å²) < 4.78 is 58.8. The molecule has 1 saturated heterocycles. The molecule has 2 aromatic heterocycles. The number of ether oxygens (including phenoxy) is 1. The molecule has 2 aliphatic rings. The number of carbonyl (C=O) groups excluding carboxylic acids is 1. The summed E-state index contributed by atoms with van der Waals surface area (Å²) in [5.41, 5.74) is -1.06. The van der Waals surface area contributed by atoms with Crippen LogP contribution in [0.5, 0.6) is 5.88 Å². The SMILES string of the molecule is C[C@@H]1[C@H]2C[C@@H](Oc3cnc(C(F)(F)F)cn3)[C@H](C2)N1C(=O)c1c(F)cccc1-n1nccn1. The van der Waals surface area contributed by atoms with E-state index in [1.165, 1.54) is 29.3 Å². The maximum absolute atomic E-state index is 14.8. The number of aromatic nitrogens is 5. The van der Waals surface area contributed by atoms with Crippen molar-refractivity contribution in [2.75, 3.05) is 0 Å². The lowest BCUT2D eigenvalue weighted by Gasteiger charge is -2.38. The fraction of sp³-hybridized carbons (Fsp3) is 0.381. The molecule has 1 saturated carbocycles. The number of hydrogen-bond donors (Lipinski definition) is 0. The van der Waals surface area contributed by atoms with Gasteiger partial charge in [-0.25, -0.2) is 14.4 Å². The number of piperidine rings is 1. The highest BCUT2D eigenvalue weighted by molar-refractivity contribution is 5.98. The molecule has 1 aliphatic heterocycles. The first kappa shape index (κ1) is 21.3. The predicted molar refractivity (Wildman–Crippen MR) is 105 cm³/mol. The Balaban J connectivity index is 1.41. The van der Waals surface area contributed by atoms with Gasteiger partial charge in [0.2, 0.25) is 5.88 Å². The van der Waals surface area contributed by atoms with E-state index in [2.05, 4.69) is 20.2 Å². The second-order valence-corrected chi connectivity index (χ2v) is 8.10. The van der Waals surface area contributed by atoms with E-state index in [0.717, 1.165) is 6.20 Å². The van der Waals surface area contributed by atoms with Crippen LogP contribution in [0.25, 0.3) is 5.69 Å². The van der Waals surface area contributed by atoms with Crippen molar-refractivity contribution in [2.24, 2.45) is 5.92 Å². The quantitative estimate of drug-likeness (QED) is 0.554. The molecule has 0 unspecified atom stereocenters. The number of rotatable bonds is 4. The Morgan fingerprint density at radius 1 is 1.12 bits per heavy atom. The number of hydrogen-bond acceptors (Lipinski definition) is 6. The van der Waals surface area contributed by atoms with Crippen molar-refractivity contribution in [3.63, 3.8) is 0 Å². The Morgan fingerprint density at radius 3 is 2.52 bits per heavy atom. The fourth-order valence-electron chi connectivity index (χ4n) is 4.73. The predicted octanol–water partition coefficient (Wildman–Crippen LogP) is 3.29. The van der Waals surface area contributed by atoms with E-state index in [-0.39, 0.29) is 35.1 Å². The Morgan fingerprint density at radius 2 is 1.88 bits per heavy atom. The summed E-state index contributed by atoms with van der Waals surface area (Å²) in [7, 11) is 0. The lowest BCUT2D eigenvalue weighted by atomic mass is 9.98. The van der Waals surface area contributed by atoms with Gasteiger partial charge in [-0.05, 0) is 37.8 Å². The first-order valence-corrected chi connectivity index (χ1v) is 10.3. The first-order chi connectivity index (χ1) is 15.7. The van der Waals surface area contributed by atoms with E-state index >= 15 is 0 Å². The fourth-order valence-corrected chi connectivity index (χ4v) is 4.73. The van der Waals surface area contributed by atoms with Gasteiger partial charge in [0.15, 0.2) is 5.69 Å². The standard InChI is InChI=1S/C21H18F4N6O2/c1-11-12-7-15(16(8-12)33-18-10-26-17(9-27-18)21(23,24)25)30(11)20(32)19-13(22)3-2-4-14(19)31-28-5-6-29-31/h2-6,9-12,15-16H,7-8H2,1H3/t11-,12-,15+,16-/m1/s1. The number of amides is 1. The largest absolute Gasteiger partial charge is 0.471 e. The molecule has 0 N–H and O–H groups in total. The highest BCUT2D eigenvalue weighted by atomic mass is 19.4. The molecular weight excluding hydrogens is 444 g/mol. The Hall–Kier alpha value is -3.57. The van der Waals surface area contributed by atoms with Gasteiger partial charge in [-0.2, -0.15) is 28.2 Å². The highest BCUT2D eigenvalue weighted by Gasteiger charge is 2.53. The molecule has 4 atom stereocenters. The third-order valence-electron chi connectivity index (χ3n) is 6.25. The van der Waals surface area contributed by atoms with Gasteiger partial charge in [0.25, 0.3) is 5.91 Å². The van der Waals surface area contributed by atoms with Crippen LogP contribution in [0.3, 0.4) is 0 Å². The van der Waals surface area contributed by atoms with Gasteiger partial charge in [0.1, 0.15) is 23.2 Å². The zero-order valence-electron chi connectivity index (χ0n) is 17.3. The lowest BCUT2D eigenvalue weighted by molar-refractivity contribution is -0.141. The smallest absolute Gasteiger partial charge is 0.434 e. The minimum Gasteiger partial charge on any atom is -0.471 e. The molecule has 3 aromatic rings. The molecule has 2 bridgehead atoms. The van der Waals surface area contributed by atoms with E-state index in [1.54, 1.807) is 11.0 Å². The topological polar surface area (TPSA) is 86.0 Å². The molecule has 2 fully saturated rings.